The minimum atomic E-state index is 0.318. The standard InChI is InChI=1S/C11H16N6/c1-16-5-7-17(8-6-16)11-4-2-3-10(14-11)9-13-15-12/h2-4H,5-9H2,1H3. The fourth-order valence-corrected chi connectivity index (χ4v) is 1.87. The first-order valence-corrected chi connectivity index (χ1v) is 5.70. The van der Waals surface area contributed by atoms with Crippen LogP contribution in [0.25, 0.3) is 10.4 Å². The van der Waals surface area contributed by atoms with Crippen LogP contribution in [0.3, 0.4) is 0 Å². The summed E-state index contributed by atoms with van der Waals surface area (Å²) in [5.41, 5.74) is 9.11. The highest BCUT2D eigenvalue weighted by Gasteiger charge is 2.15. The minimum absolute atomic E-state index is 0.318. The van der Waals surface area contributed by atoms with E-state index in [4.69, 9.17) is 5.53 Å². The van der Waals surface area contributed by atoms with E-state index in [1.807, 2.05) is 18.2 Å². The number of aromatic nitrogens is 1. The van der Waals surface area contributed by atoms with Gasteiger partial charge in [0.25, 0.3) is 0 Å². The summed E-state index contributed by atoms with van der Waals surface area (Å²) in [6.07, 6.45) is 0. The summed E-state index contributed by atoms with van der Waals surface area (Å²) in [4.78, 5) is 11.8. The van der Waals surface area contributed by atoms with E-state index in [-0.39, 0.29) is 0 Å². The molecule has 1 saturated heterocycles. The van der Waals surface area contributed by atoms with Crippen molar-refractivity contribution in [3.05, 3.63) is 34.3 Å². The van der Waals surface area contributed by atoms with Crippen molar-refractivity contribution in [1.29, 1.82) is 0 Å². The van der Waals surface area contributed by atoms with Gasteiger partial charge in [-0.3, -0.25) is 0 Å². The molecule has 0 saturated carbocycles. The van der Waals surface area contributed by atoms with Gasteiger partial charge in [-0.15, -0.1) is 0 Å². The molecule has 0 aliphatic carbocycles. The van der Waals surface area contributed by atoms with Crippen LogP contribution in [0.5, 0.6) is 0 Å². The second-order valence-electron chi connectivity index (χ2n) is 4.17. The van der Waals surface area contributed by atoms with Gasteiger partial charge in [-0.2, -0.15) is 0 Å². The Bertz CT molecular complexity index is 418. The lowest BCUT2D eigenvalue weighted by molar-refractivity contribution is 0.312. The van der Waals surface area contributed by atoms with Gasteiger partial charge in [0, 0.05) is 36.8 Å². The highest BCUT2D eigenvalue weighted by atomic mass is 15.3. The van der Waals surface area contributed by atoms with E-state index in [0.717, 1.165) is 37.7 Å². The molecule has 1 aromatic rings. The Kier molecular flexibility index (Phi) is 3.80. The lowest BCUT2D eigenvalue weighted by atomic mass is 10.3. The van der Waals surface area contributed by atoms with E-state index in [1.54, 1.807) is 0 Å². The van der Waals surface area contributed by atoms with Crippen molar-refractivity contribution in [1.82, 2.24) is 9.88 Å². The van der Waals surface area contributed by atoms with Crippen LogP contribution in [0.4, 0.5) is 5.82 Å². The number of azide groups is 1. The predicted octanol–water partition coefficient (Wildman–Crippen LogP) is 1.64. The van der Waals surface area contributed by atoms with Gasteiger partial charge in [0.15, 0.2) is 0 Å². The van der Waals surface area contributed by atoms with Gasteiger partial charge in [-0.05, 0) is 24.7 Å². The van der Waals surface area contributed by atoms with Crippen molar-refractivity contribution in [3.63, 3.8) is 0 Å². The van der Waals surface area contributed by atoms with Gasteiger partial charge >= 0.3 is 0 Å². The summed E-state index contributed by atoms with van der Waals surface area (Å²) in [6, 6.07) is 5.85. The number of pyridine rings is 1. The Morgan fingerprint density at radius 3 is 2.82 bits per heavy atom. The van der Waals surface area contributed by atoms with Crippen LogP contribution in [-0.4, -0.2) is 43.1 Å². The molecule has 2 rings (SSSR count). The van der Waals surface area contributed by atoms with Crippen LogP contribution in [0.1, 0.15) is 5.69 Å². The smallest absolute Gasteiger partial charge is 0.128 e. The maximum atomic E-state index is 8.29. The molecule has 0 radical (unpaired) electrons. The van der Waals surface area contributed by atoms with Gasteiger partial charge in [-0.1, -0.05) is 11.2 Å². The summed E-state index contributed by atoms with van der Waals surface area (Å²) in [5, 5.41) is 3.53. The zero-order chi connectivity index (χ0) is 12.1. The second kappa shape index (κ2) is 5.52. The number of rotatable bonds is 3. The summed E-state index contributed by atoms with van der Waals surface area (Å²) in [7, 11) is 2.13. The number of piperazine rings is 1. The van der Waals surface area contributed by atoms with E-state index in [9.17, 15) is 0 Å². The quantitative estimate of drug-likeness (QED) is 0.452. The third kappa shape index (κ3) is 3.09. The van der Waals surface area contributed by atoms with Crippen LogP contribution < -0.4 is 4.90 Å². The molecule has 0 unspecified atom stereocenters. The lowest BCUT2D eigenvalue weighted by Crippen LogP contribution is -2.44. The van der Waals surface area contributed by atoms with Crippen LogP contribution in [-0.2, 0) is 6.54 Å². The second-order valence-corrected chi connectivity index (χ2v) is 4.17. The summed E-state index contributed by atoms with van der Waals surface area (Å²) in [6.45, 7) is 4.42. The molecule has 1 aromatic heterocycles. The van der Waals surface area contributed by atoms with Gasteiger partial charge in [0.2, 0.25) is 0 Å². The molecule has 1 aliphatic heterocycles. The van der Waals surface area contributed by atoms with E-state index in [1.165, 1.54) is 0 Å². The Balaban J connectivity index is 2.07. The molecule has 90 valence electrons. The van der Waals surface area contributed by atoms with E-state index >= 15 is 0 Å². The normalized spacial score (nSPS) is 16.6. The fourth-order valence-electron chi connectivity index (χ4n) is 1.87. The topological polar surface area (TPSA) is 68.1 Å². The summed E-state index contributed by atoms with van der Waals surface area (Å²) in [5.74, 6) is 0.976. The van der Waals surface area contributed by atoms with Crippen molar-refractivity contribution in [3.8, 4) is 0 Å². The van der Waals surface area contributed by atoms with Crippen LogP contribution in [0.2, 0.25) is 0 Å². The fraction of sp³-hybridized carbons (Fsp3) is 0.545. The van der Waals surface area contributed by atoms with Crippen molar-refractivity contribution in [2.24, 2.45) is 5.11 Å². The zero-order valence-electron chi connectivity index (χ0n) is 9.95. The molecule has 0 amide bonds. The van der Waals surface area contributed by atoms with Crippen molar-refractivity contribution < 1.29 is 0 Å². The van der Waals surface area contributed by atoms with Gasteiger partial charge < -0.3 is 9.80 Å². The SMILES string of the molecule is CN1CCN(c2cccc(CN=[N+]=[N-])n2)CC1. The molecule has 2 heterocycles. The summed E-state index contributed by atoms with van der Waals surface area (Å²) < 4.78 is 0. The summed E-state index contributed by atoms with van der Waals surface area (Å²) >= 11 is 0. The third-order valence-corrected chi connectivity index (χ3v) is 2.92. The van der Waals surface area contributed by atoms with Crippen LogP contribution in [0.15, 0.2) is 23.3 Å². The molecule has 0 bridgehead atoms. The van der Waals surface area contributed by atoms with Crippen molar-refractivity contribution in [2.75, 3.05) is 38.1 Å². The molecule has 0 atom stereocenters. The number of hydrogen-bond donors (Lipinski definition) is 0. The van der Waals surface area contributed by atoms with E-state index in [2.05, 4.69) is 31.9 Å². The minimum Gasteiger partial charge on any atom is -0.354 e. The molecule has 0 spiro atoms. The van der Waals surface area contributed by atoms with Crippen molar-refractivity contribution >= 4 is 5.82 Å². The van der Waals surface area contributed by atoms with E-state index < -0.39 is 0 Å². The number of anilines is 1. The maximum absolute atomic E-state index is 8.29. The van der Waals surface area contributed by atoms with Gasteiger partial charge in [-0.25, -0.2) is 4.98 Å². The maximum Gasteiger partial charge on any atom is 0.128 e. The van der Waals surface area contributed by atoms with Gasteiger partial charge in [0.1, 0.15) is 5.82 Å². The average Bonchev–Trinajstić information content (AvgIpc) is 2.37. The molecule has 1 aliphatic rings. The molecular formula is C11H16N6. The first-order chi connectivity index (χ1) is 8.29. The number of hydrogen-bond acceptors (Lipinski definition) is 4. The molecule has 6 heteroatoms. The highest BCUT2D eigenvalue weighted by molar-refractivity contribution is 5.39. The van der Waals surface area contributed by atoms with Crippen LogP contribution in [0, 0.1) is 0 Å². The largest absolute Gasteiger partial charge is 0.354 e. The molecule has 6 nitrogen and oxygen atoms in total. The Labute approximate surface area is 100 Å². The molecule has 17 heavy (non-hydrogen) atoms. The third-order valence-electron chi connectivity index (χ3n) is 2.92. The monoisotopic (exact) mass is 232 g/mol. The Morgan fingerprint density at radius 1 is 1.35 bits per heavy atom. The first-order valence-electron chi connectivity index (χ1n) is 5.70. The highest BCUT2D eigenvalue weighted by Crippen LogP contribution is 2.14. The molecule has 0 N–H and O–H groups in total. The van der Waals surface area contributed by atoms with Gasteiger partial charge in [0.05, 0.1) is 6.54 Å². The lowest BCUT2D eigenvalue weighted by Gasteiger charge is -2.33. The molecule has 0 aromatic carbocycles. The first kappa shape index (κ1) is 11.7. The van der Waals surface area contributed by atoms with Crippen LogP contribution >= 0.6 is 0 Å². The average molecular weight is 232 g/mol. The number of likely N-dealkylation sites (N-methyl/N-ethyl adjacent to an activating group) is 1. The van der Waals surface area contributed by atoms with E-state index in [0.29, 0.717) is 6.54 Å². The molecular weight excluding hydrogens is 216 g/mol. The number of nitrogens with zero attached hydrogens (tertiary/aromatic N) is 6. The van der Waals surface area contributed by atoms with Crippen molar-refractivity contribution in [2.45, 2.75) is 6.54 Å². The zero-order valence-corrected chi connectivity index (χ0v) is 9.95. The predicted molar refractivity (Wildman–Crippen MR) is 66.8 cm³/mol. The Hall–Kier alpha value is -1.78. The molecule has 1 fully saturated rings. The Morgan fingerprint density at radius 2 is 2.12 bits per heavy atom.